The molecule has 1 amide bonds. The second-order valence-electron chi connectivity index (χ2n) is 6.35. The molecule has 0 aromatic heterocycles. The van der Waals surface area contributed by atoms with Crippen molar-refractivity contribution in [3.05, 3.63) is 47.7 Å². The third kappa shape index (κ3) is 4.52. The SMILES string of the molecule is C/C=C(/C=C\C=C/N=C/F)\C=C(/C)[C@]12CN(C(C)=O)C[C@H]1CSC(N)=N2. The maximum absolute atomic E-state index is 11.9. The summed E-state index contributed by atoms with van der Waals surface area (Å²) in [6, 6.07) is 0. The van der Waals surface area contributed by atoms with Crippen LogP contribution in [0.3, 0.4) is 0 Å². The predicted molar refractivity (Wildman–Crippen MR) is 108 cm³/mol. The summed E-state index contributed by atoms with van der Waals surface area (Å²) >= 11 is 1.55. The number of carbonyl (C=O) groups excluding carboxylic acids is 1. The predicted octanol–water partition coefficient (Wildman–Crippen LogP) is 3.23. The quantitative estimate of drug-likeness (QED) is 0.591. The van der Waals surface area contributed by atoms with Gasteiger partial charge in [0.1, 0.15) is 5.54 Å². The third-order valence-electron chi connectivity index (χ3n) is 4.76. The van der Waals surface area contributed by atoms with E-state index >= 15 is 0 Å². The molecule has 5 nitrogen and oxygen atoms in total. The number of amidine groups is 1. The molecule has 0 bridgehead atoms. The molecule has 26 heavy (non-hydrogen) atoms. The first-order chi connectivity index (χ1) is 12.4. The molecule has 1 fully saturated rings. The number of allylic oxidation sites excluding steroid dienone is 6. The molecule has 1 saturated heterocycles. The Kier molecular flexibility index (Phi) is 6.97. The molecule has 0 radical (unpaired) electrons. The number of aliphatic imine (C=N–C) groups is 2. The highest BCUT2D eigenvalue weighted by Crippen LogP contribution is 2.43. The number of nitrogens with two attached hydrogens (primary N) is 1. The summed E-state index contributed by atoms with van der Waals surface area (Å²) in [6.07, 6.45) is 10.8. The van der Waals surface area contributed by atoms with Crippen LogP contribution >= 0.6 is 11.8 Å². The highest BCUT2D eigenvalue weighted by Gasteiger charge is 2.50. The van der Waals surface area contributed by atoms with Crippen molar-refractivity contribution in [2.24, 2.45) is 21.6 Å². The van der Waals surface area contributed by atoms with Crippen LogP contribution in [0.25, 0.3) is 0 Å². The first kappa shape index (κ1) is 20.2. The van der Waals surface area contributed by atoms with Crippen molar-refractivity contribution in [1.82, 2.24) is 4.90 Å². The molecule has 7 heteroatoms. The Morgan fingerprint density at radius 1 is 1.46 bits per heavy atom. The fraction of sp³-hybridized carbons (Fsp3) is 0.421. The van der Waals surface area contributed by atoms with Crippen molar-refractivity contribution in [3.63, 3.8) is 0 Å². The molecule has 0 spiro atoms. The van der Waals surface area contributed by atoms with Crippen molar-refractivity contribution in [3.8, 4) is 0 Å². The van der Waals surface area contributed by atoms with Gasteiger partial charge in [0, 0.05) is 31.3 Å². The lowest BCUT2D eigenvalue weighted by Gasteiger charge is -2.35. The summed E-state index contributed by atoms with van der Waals surface area (Å²) in [5, 5.41) is 0.573. The van der Waals surface area contributed by atoms with Crippen LogP contribution in [0, 0.1) is 5.92 Å². The minimum absolute atomic E-state index is 0.0649. The van der Waals surface area contributed by atoms with Crippen molar-refractivity contribution in [2.75, 3.05) is 18.8 Å². The third-order valence-corrected chi connectivity index (χ3v) is 5.72. The highest BCUT2D eigenvalue weighted by atomic mass is 32.2. The number of amides is 1. The second-order valence-corrected chi connectivity index (χ2v) is 7.39. The minimum atomic E-state index is -0.461. The van der Waals surface area contributed by atoms with Crippen molar-refractivity contribution >= 4 is 29.3 Å². The fourth-order valence-corrected chi connectivity index (χ4v) is 4.29. The second kappa shape index (κ2) is 8.98. The molecule has 0 saturated carbocycles. The van der Waals surface area contributed by atoms with Gasteiger partial charge in [-0.15, -0.1) is 0 Å². The van der Waals surface area contributed by atoms with E-state index in [1.54, 1.807) is 30.8 Å². The lowest BCUT2D eigenvalue weighted by molar-refractivity contribution is -0.128. The zero-order valence-corrected chi connectivity index (χ0v) is 16.2. The van der Waals surface area contributed by atoms with Gasteiger partial charge in [0.2, 0.25) is 5.91 Å². The molecular weight excluding hydrogens is 351 g/mol. The first-order valence-corrected chi connectivity index (χ1v) is 9.45. The Morgan fingerprint density at radius 2 is 2.23 bits per heavy atom. The van der Waals surface area contributed by atoms with Crippen LogP contribution in [0.4, 0.5) is 4.39 Å². The Morgan fingerprint density at radius 3 is 2.88 bits per heavy atom. The number of nitrogens with zero attached hydrogens (tertiary/aromatic N) is 3. The van der Waals surface area contributed by atoms with Gasteiger partial charge in [-0.25, -0.2) is 9.98 Å². The molecule has 2 aliphatic rings. The van der Waals surface area contributed by atoms with Gasteiger partial charge in [0.25, 0.3) is 0 Å². The zero-order valence-electron chi connectivity index (χ0n) is 15.4. The first-order valence-electron chi connectivity index (χ1n) is 8.46. The zero-order chi connectivity index (χ0) is 19.2. The van der Waals surface area contributed by atoms with E-state index in [1.807, 2.05) is 30.9 Å². The largest absolute Gasteiger partial charge is 0.379 e. The van der Waals surface area contributed by atoms with Gasteiger partial charge in [-0.05, 0) is 31.1 Å². The Bertz CT molecular complexity index is 723. The summed E-state index contributed by atoms with van der Waals surface area (Å²) in [5.41, 5.74) is 7.64. The van der Waals surface area contributed by atoms with Crippen LogP contribution < -0.4 is 5.73 Å². The average Bonchev–Trinajstić information content (AvgIpc) is 3.00. The van der Waals surface area contributed by atoms with Crippen LogP contribution in [0.5, 0.6) is 0 Å². The van der Waals surface area contributed by atoms with Gasteiger partial charge in [-0.1, -0.05) is 36.1 Å². The Labute approximate surface area is 158 Å². The summed E-state index contributed by atoms with van der Waals surface area (Å²) in [7, 11) is 0. The minimum Gasteiger partial charge on any atom is -0.379 e. The average molecular weight is 377 g/mol. The molecule has 0 aromatic rings. The molecule has 0 unspecified atom stereocenters. The maximum Gasteiger partial charge on any atom is 0.219 e. The standard InChI is InChI=1S/C19H25FN4OS/c1-4-16(7-5-6-8-22-13-20)9-14(2)19-12-24(15(3)25)10-17(19)11-26-18(21)23-19/h4-9,13,17H,10-12H2,1-3H3,(H2,21,23)/b7-5-,8-6-,14-9+,16-4-,22-13+/t17-,19+/m0/s1. The van der Waals surface area contributed by atoms with Crippen molar-refractivity contribution < 1.29 is 9.18 Å². The molecule has 2 heterocycles. The number of thioether (sulfide) groups is 1. The number of likely N-dealkylation sites (tertiary alicyclic amines) is 1. The van der Waals surface area contributed by atoms with Gasteiger partial charge >= 0.3 is 0 Å². The highest BCUT2D eigenvalue weighted by molar-refractivity contribution is 8.13. The van der Waals surface area contributed by atoms with Crippen molar-refractivity contribution in [1.29, 1.82) is 0 Å². The number of rotatable bonds is 5. The van der Waals surface area contributed by atoms with Crippen LogP contribution in [-0.2, 0) is 4.79 Å². The summed E-state index contributed by atoms with van der Waals surface area (Å²) in [5.74, 6) is 1.17. The van der Waals surface area contributed by atoms with E-state index in [-0.39, 0.29) is 18.3 Å². The normalized spacial score (nSPS) is 27.6. The number of hydrogen-bond donors (Lipinski definition) is 1. The van der Waals surface area contributed by atoms with Gasteiger partial charge in [-0.3, -0.25) is 4.79 Å². The van der Waals surface area contributed by atoms with Crippen LogP contribution in [0.1, 0.15) is 20.8 Å². The Balaban J connectivity index is 2.30. The molecule has 2 N–H and O–H groups in total. The van der Waals surface area contributed by atoms with Gasteiger partial charge in [0.05, 0.1) is 6.54 Å². The summed E-state index contributed by atoms with van der Waals surface area (Å²) < 4.78 is 11.8. The number of carbonyl (C=O) groups is 1. The monoisotopic (exact) mass is 376 g/mol. The topological polar surface area (TPSA) is 71.0 Å². The van der Waals surface area contributed by atoms with Crippen LogP contribution in [-0.4, -0.2) is 46.8 Å². The van der Waals surface area contributed by atoms with E-state index in [9.17, 15) is 9.18 Å². The lowest BCUT2D eigenvalue weighted by Crippen LogP contribution is -2.43. The maximum atomic E-state index is 11.9. The number of fused-ring (bicyclic) bond motifs is 1. The molecule has 0 aromatic carbocycles. The lowest BCUT2D eigenvalue weighted by atomic mass is 9.81. The molecule has 140 valence electrons. The van der Waals surface area contributed by atoms with Gasteiger partial charge < -0.3 is 10.6 Å². The smallest absolute Gasteiger partial charge is 0.219 e. The van der Waals surface area contributed by atoms with Crippen LogP contribution in [0.2, 0.25) is 0 Å². The van der Waals surface area contributed by atoms with E-state index in [2.05, 4.69) is 11.1 Å². The summed E-state index contributed by atoms with van der Waals surface area (Å²) in [6.45, 7) is 7.10. The Hall–Kier alpha value is -2.15. The molecule has 2 atom stereocenters. The van der Waals surface area contributed by atoms with E-state index in [4.69, 9.17) is 10.7 Å². The van der Waals surface area contributed by atoms with E-state index in [0.717, 1.165) is 16.9 Å². The molecular formula is C19H25FN4OS. The van der Waals surface area contributed by atoms with E-state index in [0.29, 0.717) is 18.3 Å². The van der Waals surface area contributed by atoms with Gasteiger partial charge in [-0.2, -0.15) is 4.39 Å². The van der Waals surface area contributed by atoms with Crippen LogP contribution in [0.15, 0.2) is 57.7 Å². The molecule has 0 aliphatic carbocycles. The molecule has 2 aliphatic heterocycles. The van der Waals surface area contributed by atoms with Gasteiger partial charge in [0.15, 0.2) is 11.6 Å². The van der Waals surface area contributed by atoms with Crippen molar-refractivity contribution in [2.45, 2.75) is 26.3 Å². The van der Waals surface area contributed by atoms with E-state index < -0.39 is 5.54 Å². The number of hydrogen-bond acceptors (Lipinski definition) is 5. The molecule has 2 rings (SSSR count). The summed E-state index contributed by atoms with van der Waals surface area (Å²) in [4.78, 5) is 21.9. The number of halogens is 1. The van der Waals surface area contributed by atoms with E-state index in [1.165, 1.54) is 6.20 Å². The fourth-order valence-electron chi connectivity index (χ4n) is 3.31.